The van der Waals surface area contributed by atoms with Crippen LogP contribution >= 0.6 is 0 Å². The lowest BCUT2D eigenvalue weighted by atomic mass is 10.1. The summed E-state index contributed by atoms with van der Waals surface area (Å²) in [4.78, 5) is 17.0. The van der Waals surface area contributed by atoms with Crippen molar-refractivity contribution in [2.24, 2.45) is 0 Å². The number of benzene rings is 1. The van der Waals surface area contributed by atoms with Crippen LogP contribution in [0.4, 0.5) is 5.69 Å². The number of rotatable bonds is 3. The third-order valence-corrected chi connectivity index (χ3v) is 3.98. The number of hydrogen-bond acceptors (Lipinski definition) is 3. The molecule has 0 unspecified atom stereocenters. The van der Waals surface area contributed by atoms with Crippen molar-refractivity contribution in [2.75, 3.05) is 5.32 Å². The van der Waals surface area contributed by atoms with Crippen molar-refractivity contribution in [3.8, 4) is 0 Å². The molecule has 5 heteroatoms. The van der Waals surface area contributed by atoms with Crippen molar-refractivity contribution >= 4 is 17.2 Å². The number of nitrogens with zero attached hydrogens (tertiary/aromatic N) is 3. The van der Waals surface area contributed by atoms with Crippen LogP contribution in [0.3, 0.4) is 0 Å². The summed E-state index contributed by atoms with van der Waals surface area (Å²) in [5, 5.41) is 7.19. The molecule has 1 aromatic carbocycles. The molecule has 3 rings (SSSR count). The molecule has 3 aromatic rings. The molecule has 0 fully saturated rings. The van der Waals surface area contributed by atoms with Crippen molar-refractivity contribution in [3.63, 3.8) is 0 Å². The third kappa shape index (κ3) is 2.95. The van der Waals surface area contributed by atoms with Crippen molar-refractivity contribution in [3.05, 3.63) is 59.0 Å². The topological polar surface area (TPSA) is 59.3 Å². The summed E-state index contributed by atoms with van der Waals surface area (Å²) in [6.07, 6.45) is 1.69. The van der Waals surface area contributed by atoms with E-state index in [4.69, 9.17) is 0 Å². The molecule has 1 amide bonds. The number of carbonyl (C=O) groups is 1. The van der Waals surface area contributed by atoms with Gasteiger partial charge in [0.25, 0.3) is 5.91 Å². The lowest BCUT2D eigenvalue weighted by molar-refractivity contribution is 0.102. The molecule has 0 spiro atoms. The Kier molecular flexibility index (Phi) is 3.86. The molecular formula is C18H20N4O. The predicted molar refractivity (Wildman–Crippen MR) is 90.9 cm³/mol. The van der Waals surface area contributed by atoms with E-state index < -0.39 is 0 Å². The average Bonchev–Trinajstić information content (AvgIpc) is 2.98. The molecule has 2 heterocycles. The summed E-state index contributed by atoms with van der Waals surface area (Å²) in [5.74, 6) is 0.0347. The standard InChI is InChI=1S/C18H20N4O/c1-11(2)16-10-15(21-17-7-8-19-22(16)17)18(23)20-14-6-5-12(3)13(4)9-14/h5-11H,1-4H3,(H,20,23). The van der Waals surface area contributed by atoms with Gasteiger partial charge in [-0.3, -0.25) is 4.79 Å². The summed E-state index contributed by atoms with van der Waals surface area (Å²) in [6, 6.07) is 9.48. The van der Waals surface area contributed by atoms with Gasteiger partial charge in [-0.1, -0.05) is 19.9 Å². The maximum absolute atomic E-state index is 12.5. The Morgan fingerprint density at radius 2 is 1.91 bits per heavy atom. The number of amides is 1. The van der Waals surface area contributed by atoms with E-state index in [0.29, 0.717) is 11.3 Å². The van der Waals surface area contributed by atoms with Gasteiger partial charge in [0, 0.05) is 17.4 Å². The Labute approximate surface area is 135 Å². The van der Waals surface area contributed by atoms with Gasteiger partial charge in [0.15, 0.2) is 5.65 Å². The molecule has 0 radical (unpaired) electrons. The number of hydrogen-bond donors (Lipinski definition) is 1. The summed E-state index contributed by atoms with van der Waals surface area (Å²) < 4.78 is 1.78. The van der Waals surface area contributed by atoms with Crippen LogP contribution < -0.4 is 5.32 Å². The number of nitrogens with one attached hydrogen (secondary N) is 1. The number of aromatic nitrogens is 3. The number of carbonyl (C=O) groups excluding carboxylic acids is 1. The van der Waals surface area contributed by atoms with Gasteiger partial charge in [0.1, 0.15) is 5.69 Å². The monoisotopic (exact) mass is 308 g/mol. The van der Waals surface area contributed by atoms with Gasteiger partial charge in [0.2, 0.25) is 0 Å². The Balaban J connectivity index is 1.95. The zero-order valence-electron chi connectivity index (χ0n) is 13.8. The van der Waals surface area contributed by atoms with E-state index in [9.17, 15) is 4.79 Å². The Morgan fingerprint density at radius 1 is 1.13 bits per heavy atom. The molecule has 0 bridgehead atoms. The van der Waals surface area contributed by atoms with Crippen molar-refractivity contribution in [1.82, 2.24) is 14.6 Å². The minimum absolute atomic E-state index is 0.209. The molecule has 2 aromatic heterocycles. The highest BCUT2D eigenvalue weighted by Crippen LogP contribution is 2.18. The molecule has 0 aliphatic rings. The predicted octanol–water partition coefficient (Wildman–Crippen LogP) is 3.72. The van der Waals surface area contributed by atoms with Gasteiger partial charge < -0.3 is 5.32 Å². The molecule has 1 N–H and O–H groups in total. The van der Waals surface area contributed by atoms with Gasteiger partial charge in [0.05, 0.1) is 6.20 Å². The van der Waals surface area contributed by atoms with Crippen LogP contribution in [0.1, 0.15) is 47.1 Å². The molecule has 0 saturated carbocycles. The molecule has 118 valence electrons. The first kappa shape index (κ1) is 15.2. The second-order valence-electron chi connectivity index (χ2n) is 6.08. The molecule has 0 aliphatic heterocycles. The molecular weight excluding hydrogens is 288 g/mol. The maximum atomic E-state index is 12.5. The summed E-state index contributed by atoms with van der Waals surface area (Å²) in [6.45, 7) is 8.21. The van der Waals surface area contributed by atoms with Crippen LogP contribution in [0.2, 0.25) is 0 Å². The van der Waals surface area contributed by atoms with Gasteiger partial charge in [-0.05, 0) is 49.1 Å². The third-order valence-electron chi connectivity index (χ3n) is 3.98. The van der Waals surface area contributed by atoms with Crippen molar-refractivity contribution in [1.29, 1.82) is 0 Å². The van der Waals surface area contributed by atoms with E-state index in [1.807, 2.05) is 32.0 Å². The first-order valence-corrected chi connectivity index (χ1v) is 7.69. The maximum Gasteiger partial charge on any atom is 0.274 e. The first-order chi connectivity index (χ1) is 11.0. The SMILES string of the molecule is Cc1ccc(NC(=O)c2cc(C(C)C)n3nccc3n2)cc1C. The minimum atomic E-state index is -0.209. The van der Waals surface area contributed by atoms with E-state index in [1.54, 1.807) is 22.8 Å². The minimum Gasteiger partial charge on any atom is -0.321 e. The van der Waals surface area contributed by atoms with Crippen LogP contribution in [0, 0.1) is 13.8 Å². The largest absolute Gasteiger partial charge is 0.321 e. The Bertz CT molecular complexity index is 880. The zero-order chi connectivity index (χ0) is 16.6. The van der Waals surface area contributed by atoms with E-state index in [0.717, 1.165) is 16.9 Å². The van der Waals surface area contributed by atoms with Crippen LogP contribution in [0.5, 0.6) is 0 Å². The number of aryl methyl sites for hydroxylation is 2. The van der Waals surface area contributed by atoms with Crippen LogP contribution in [0.25, 0.3) is 5.65 Å². The fourth-order valence-corrected chi connectivity index (χ4v) is 2.48. The molecule has 5 nitrogen and oxygen atoms in total. The van der Waals surface area contributed by atoms with Gasteiger partial charge in [-0.25, -0.2) is 9.50 Å². The lowest BCUT2D eigenvalue weighted by Gasteiger charge is -2.11. The van der Waals surface area contributed by atoms with E-state index >= 15 is 0 Å². The summed E-state index contributed by atoms with van der Waals surface area (Å²) in [5.41, 5.74) is 5.17. The van der Waals surface area contributed by atoms with E-state index in [2.05, 4.69) is 29.2 Å². The fourth-order valence-electron chi connectivity index (χ4n) is 2.48. The van der Waals surface area contributed by atoms with E-state index in [-0.39, 0.29) is 11.8 Å². The average molecular weight is 308 g/mol. The molecule has 23 heavy (non-hydrogen) atoms. The highest BCUT2D eigenvalue weighted by Gasteiger charge is 2.15. The normalized spacial score (nSPS) is 11.2. The molecule has 0 saturated heterocycles. The van der Waals surface area contributed by atoms with Gasteiger partial charge >= 0.3 is 0 Å². The second-order valence-corrected chi connectivity index (χ2v) is 6.08. The quantitative estimate of drug-likeness (QED) is 0.802. The second kappa shape index (κ2) is 5.83. The number of anilines is 1. The Hall–Kier alpha value is -2.69. The van der Waals surface area contributed by atoms with Crippen molar-refractivity contribution < 1.29 is 4.79 Å². The van der Waals surface area contributed by atoms with Gasteiger partial charge in [-0.15, -0.1) is 0 Å². The summed E-state index contributed by atoms with van der Waals surface area (Å²) >= 11 is 0. The lowest BCUT2D eigenvalue weighted by Crippen LogP contribution is -2.16. The highest BCUT2D eigenvalue weighted by atomic mass is 16.1. The molecule has 0 atom stereocenters. The zero-order valence-corrected chi connectivity index (χ0v) is 13.8. The van der Waals surface area contributed by atoms with Crippen LogP contribution in [-0.2, 0) is 0 Å². The Morgan fingerprint density at radius 3 is 2.61 bits per heavy atom. The van der Waals surface area contributed by atoms with Crippen LogP contribution in [-0.4, -0.2) is 20.5 Å². The summed E-state index contributed by atoms with van der Waals surface area (Å²) in [7, 11) is 0. The fraction of sp³-hybridized carbons (Fsp3) is 0.278. The molecule has 0 aliphatic carbocycles. The first-order valence-electron chi connectivity index (χ1n) is 7.69. The van der Waals surface area contributed by atoms with Crippen molar-refractivity contribution in [2.45, 2.75) is 33.6 Å². The van der Waals surface area contributed by atoms with E-state index in [1.165, 1.54) is 5.56 Å². The smallest absolute Gasteiger partial charge is 0.274 e. The number of fused-ring (bicyclic) bond motifs is 1. The van der Waals surface area contributed by atoms with Gasteiger partial charge in [-0.2, -0.15) is 5.10 Å². The highest BCUT2D eigenvalue weighted by molar-refractivity contribution is 6.03. The van der Waals surface area contributed by atoms with Crippen LogP contribution in [0.15, 0.2) is 36.5 Å².